The van der Waals surface area contributed by atoms with Gasteiger partial charge < -0.3 is 15.4 Å². The van der Waals surface area contributed by atoms with Gasteiger partial charge in [0.1, 0.15) is 0 Å². The molecule has 0 aromatic rings. The first-order valence-electron chi connectivity index (χ1n) is 7.34. The molecule has 1 saturated heterocycles. The van der Waals surface area contributed by atoms with Gasteiger partial charge in [-0.05, 0) is 19.8 Å². The maximum absolute atomic E-state index is 12.1. The molecule has 7 heteroatoms. The molecule has 5 nitrogen and oxygen atoms in total. The molecule has 0 spiro atoms. The maximum Gasteiger partial charge on any atom is 0.222 e. The second-order valence-electron chi connectivity index (χ2n) is 5.45. The minimum Gasteiger partial charge on any atom is -0.383 e. The summed E-state index contributed by atoms with van der Waals surface area (Å²) in [6.07, 6.45) is 2.42. The van der Waals surface area contributed by atoms with Crippen LogP contribution >= 0.6 is 24.8 Å². The predicted octanol–water partition coefficient (Wildman–Crippen LogP) is 1.53. The van der Waals surface area contributed by atoms with Gasteiger partial charge in [-0.15, -0.1) is 24.8 Å². The topological polar surface area (TPSA) is 58.8 Å². The summed E-state index contributed by atoms with van der Waals surface area (Å²) in [5.74, 6) is 0.252. The predicted molar refractivity (Wildman–Crippen MR) is 91.5 cm³/mol. The van der Waals surface area contributed by atoms with Gasteiger partial charge in [-0.25, -0.2) is 0 Å². The molecule has 128 valence electrons. The first kappa shape index (κ1) is 23.2. The van der Waals surface area contributed by atoms with Gasteiger partial charge in [-0.3, -0.25) is 9.69 Å². The van der Waals surface area contributed by atoms with Gasteiger partial charge >= 0.3 is 0 Å². The zero-order chi connectivity index (χ0) is 14.3. The molecule has 2 atom stereocenters. The molecule has 0 bridgehead atoms. The summed E-state index contributed by atoms with van der Waals surface area (Å²) in [7, 11) is 1.73. The monoisotopic (exact) mass is 343 g/mol. The number of rotatable bonds is 7. The van der Waals surface area contributed by atoms with Gasteiger partial charge in [0.15, 0.2) is 0 Å². The number of nitrogens with two attached hydrogens (primary N) is 1. The molecule has 2 N–H and O–H groups in total. The Morgan fingerprint density at radius 1 is 1.38 bits per heavy atom. The molecule has 0 radical (unpaired) electrons. The summed E-state index contributed by atoms with van der Waals surface area (Å²) in [4.78, 5) is 16.5. The summed E-state index contributed by atoms with van der Waals surface area (Å²) >= 11 is 0. The van der Waals surface area contributed by atoms with Crippen molar-refractivity contribution in [2.24, 2.45) is 5.73 Å². The van der Waals surface area contributed by atoms with Crippen LogP contribution in [-0.4, -0.2) is 67.7 Å². The maximum atomic E-state index is 12.1. The minimum atomic E-state index is 0. The van der Waals surface area contributed by atoms with E-state index in [1.54, 1.807) is 7.11 Å². The Morgan fingerprint density at radius 2 is 2.05 bits per heavy atom. The molecule has 1 aliphatic heterocycles. The van der Waals surface area contributed by atoms with Crippen molar-refractivity contribution in [2.75, 3.05) is 39.9 Å². The van der Waals surface area contributed by atoms with Crippen LogP contribution in [0.5, 0.6) is 0 Å². The van der Waals surface area contributed by atoms with Crippen molar-refractivity contribution in [1.29, 1.82) is 0 Å². The van der Waals surface area contributed by atoms with E-state index in [9.17, 15) is 4.79 Å². The molecule has 0 aromatic heterocycles. The Morgan fingerprint density at radius 3 is 2.57 bits per heavy atom. The van der Waals surface area contributed by atoms with Crippen LogP contribution in [0.15, 0.2) is 0 Å². The number of halogens is 2. The molecule has 1 fully saturated rings. The lowest BCUT2D eigenvalue weighted by Crippen LogP contribution is -2.55. The number of nitrogens with zero attached hydrogens (tertiary/aromatic N) is 2. The molecular weight excluding hydrogens is 313 g/mol. The van der Waals surface area contributed by atoms with Crippen LogP contribution < -0.4 is 5.73 Å². The van der Waals surface area contributed by atoms with Crippen molar-refractivity contribution in [3.63, 3.8) is 0 Å². The van der Waals surface area contributed by atoms with Crippen molar-refractivity contribution < 1.29 is 9.53 Å². The average molecular weight is 344 g/mol. The third-order valence-corrected chi connectivity index (χ3v) is 3.82. The van der Waals surface area contributed by atoms with Crippen LogP contribution in [-0.2, 0) is 9.53 Å². The molecule has 1 amide bonds. The highest BCUT2D eigenvalue weighted by Gasteiger charge is 2.27. The van der Waals surface area contributed by atoms with E-state index in [2.05, 4.69) is 11.8 Å². The zero-order valence-electron chi connectivity index (χ0n) is 13.4. The smallest absolute Gasteiger partial charge is 0.222 e. The van der Waals surface area contributed by atoms with E-state index in [4.69, 9.17) is 10.5 Å². The fourth-order valence-electron chi connectivity index (χ4n) is 2.52. The fourth-order valence-corrected chi connectivity index (χ4v) is 2.52. The molecule has 1 heterocycles. The third-order valence-electron chi connectivity index (χ3n) is 3.82. The Kier molecular flexibility index (Phi) is 13.8. The first-order valence-corrected chi connectivity index (χ1v) is 7.34. The second-order valence-corrected chi connectivity index (χ2v) is 5.45. The quantitative estimate of drug-likeness (QED) is 0.761. The lowest BCUT2D eigenvalue weighted by Gasteiger charge is -2.41. The van der Waals surface area contributed by atoms with Gasteiger partial charge in [-0.2, -0.15) is 0 Å². The average Bonchev–Trinajstić information content (AvgIpc) is 2.42. The Balaban J connectivity index is 0. The molecule has 21 heavy (non-hydrogen) atoms. The highest BCUT2D eigenvalue weighted by Crippen LogP contribution is 2.14. The van der Waals surface area contributed by atoms with Gasteiger partial charge in [0.2, 0.25) is 5.91 Å². The Hall–Kier alpha value is -0.0700. The van der Waals surface area contributed by atoms with Crippen LogP contribution in [0, 0.1) is 0 Å². The molecule has 0 aromatic carbocycles. The largest absolute Gasteiger partial charge is 0.383 e. The standard InChI is InChI=1S/C14H29N3O2.2ClH/c1-4-13-11-17(14(18)6-5-12(2)15)8-7-16(13)9-10-19-3;;/h12-13H,4-11,15H2,1-3H3;2*1H. The summed E-state index contributed by atoms with van der Waals surface area (Å²) in [5.41, 5.74) is 5.71. The van der Waals surface area contributed by atoms with Crippen LogP contribution in [0.3, 0.4) is 0 Å². The minimum absolute atomic E-state index is 0. The van der Waals surface area contributed by atoms with E-state index < -0.39 is 0 Å². The highest BCUT2D eigenvalue weighted by molar-refractivity contribution is 5.85. The van der Waals surface area contributed by atoms with Gasteiger partial charge in [0.05, 0.1) is 6.61 Å². The van der Waals surface area contributed by atoms with Crippen molar-refractivity contribution in [1.82, 2.24) is 9.80 Å². The molecular formula is C14H31Cl2N3O2. The van der Waals surface area contributed by atoms with Crippen LogP contribution in [0.1, 0.15) is 33.1 Å². The van der Waals surface area contributed by atoms with Gasteiger partial charge in [-0.1, -0.05) is 6.92 Å². The number of carbonyl (C=O) groups is 1. The number of carbonyl (C=O) groups excluding carboxylic acids is 1. The number of methoxy groups -OCH3 is 1. The fraction of sp³-hybridized carbons (Fsp3) is 0.929. The Bertz CT molecular complexity index is 281. The lowest BCUT2D eigenvalue weighted by molar-refractivity contribution is -0.134. The van der Waals surface area contributed by atoms with Crippen LogP contribution in [0.4, 0.5) is 0 Å². The Labute approximate surface area is 141 Å². The SMILES string of the molecule is CCC1CN(C(=O)CCC(C)N)CCN1CCOC.Cl.Cl. The number of ether oxygens (including phenoxy) is 1. The van der Waals surface area contributed by atoms with E-state index in [0.29, 0.717) is 12.5 Å². The van der Waals surface area contributed by atoms with Crippen molar-refractivity contribution in [3.05, 3.63) is 0 Å². The molecule has 0 aliphatic carbocycles. The zero-order valence-corrected chi connectivity index (χ0v) is 15.0. The van der Waals surface area contributed by atoms with E-state index in [-0.39, 0.29) is 36.8 Å². The molecule has 0 saturated carbocycles. The molecule has 2 unspecified atom stereocenters. The van der Waals surface area contributed by atoms with Crippen LogP contribution in [0.25, 0.3) is 0 Å². The van der Waals surface area contributed by atoms with Crippen molar-refractivity contribution in [2.45, 2.75) is 45.2 Å². The lowest BCUT2D eigenvalue weighted by atomic mass is 10.1. The van der Waals surface area contributed by atoms with Crippen molar-refractivity contribution >= 4 is 30.7 Å². The first-order chi connectivity index (χ1) is 9.08. The summed E-state index contributed by atoms with van der Waals surface area (Å²) in [6, 6.07) is 0.567. The number of piperazine rings is 1. The second kappa shape index (κ2) is 12.5. The van der Waals surface area contributed by atoms with E-state index in [0.717, 1.165) is 45.6 Å². The normalized spacial score (nSPS) is 20.4. The van der Waals surface area contributed by atoms with E-state index in [1.165, 1.54) is 0 Å². The summed E-state index contributed by atoms with van der Waals surface area (Å²) in [5, 5.41) is 0. The number of hydrogen-bond acceptors (Lipinski definition) is 4. The molecule has 1 aliphatic rings. The van der Waals surface area contributed by atoms with E-state index >= 15 is 0 Å². The van der Waals surface area contributed by atoms with Gasteiger partial charge in [0, 0.05) is 51.8 Å². The third kappa shape index (κ3) is 8.21. The van der Waals surface area contributed by atoms with Crippen molar-refractivity contribution in [3.8, 4) is 0 Å². The van der Waals surface area contributed by atoms with Crippen LogP contribution in [0.2, 0.25) is 0 Å². The summed E-state index contributed by atoms with van der Waals surface area (Å²) < 4.78 is 5.14. The summed E-state index contributed by atoms with van der Waals surface area (Å²) in [6.45, 7) is 8.47. The highest BCUT2D eigenvalue weighted by atomic mass is 35.5. The number of hydrogen-bond donors (Lipinski definition) is 1. The van der Waals surface area contributed by atoms with E-state index in [1.807, 2.05) is 11.8 Å². The number of amides is 1. The molecule has 1 rings (SSSR count). The van der Waals surface area contributed by atoms with Gasteiger partial charge in [0.25, 0.3) is 0 Å².